The minimum atomic E-state index is -4.77. The number of aryl methyl sites for hydroxylation is 1. The molecule has 0 radical (unpaired) electrons. The number of nitrogens with zero attached hydrogens (tertiary/aromatic N) is 4. The van der Waals surface area contributed by atoms with E-state index in [1.54, 1.807) is 0 Å². The Kier molecular flexibility index (Phi) is 9.02. The van der Waals surface area contributed by atoms with E-state index in [2.05, 4.69) is 4.98 Å². The highest BCUT2D eigenvalue weighted by atomic mass is 19.4. The molecule has 0 spiro atoms. The molecular weight excluding hydrogens is 637 g/mol. The molecular formula is C30H26F5N5O7. The van der Waals surface area contributed by atoms with Gasteiger partial charge in [0.05, 0.1) is 43.1 Å². The number of aromatic nitrogens is 3. The fourth-order valence-corrected chi connectivity index (χ4v) is 5.33. The number of nitrogens with one attached hydrogen (secondary N) is 1. The Labute approximate surface area is 261 Å². The van der Waals surface area contributed by atoms with E-state index in [0.29, 0.717) is 22.5 Å². The lowest BCUT2D eigenvalue weighted by molar-refractivity contribution is -0.167. The molecule has 2 atom stereocenters. The molecule has 1 aliphatic rings. The molecule has 0 bridgehead atoms. The maximum atomic E-state index is 15.1. The first-order valence-electron chi connectivity index (χ1n) is 13.9. The lowest BCUT2D eigenvalue weighted by atomic mass is 10.0. The normalized spacial score (nSPS) is 15.8. The first-order chi connectivity index (χ1) is 22.2. The predicted octanol–water partition coefficient (Wildman–Crippen LogP) is 2.56. The van der Waals surface area contributed by atoms with E-state index < -0.39 is 77.3 Å². The fourth-order valence-electron chi connectivity index (χ4n) is 5.33. The van der Waals surface area contributed by atoms with Crippen molar-refractivity contribution < 1.29 is 46.1 Å². The molecule has 248 valence electrons. The van der Waals surface area contributed by atoms with Gasteiger partial charge in [-0.15, -0.1) is 0 Å². The van der Waals surface area contributed by atoms with Gasteiger partial charge in [-0.2, -0.15) is 13.2 Å². The third-order valence-corrected chi connectivity index (χ3v) is 7.69. The quantitative estimate of drug-likeness (QED) is 0.272. The van der Waals surface area contributed by atoms with Crippen LogP contribution < -0.4 is 26.2 Å². The van der Waals surface area contributed by atoms with Gasteiger partial charge in [-0.1, -0.05) is 6.07 Å². The number of ether oxygens (including phenoxy) is 2. The van der Waals surface area contributed by atoms with E-state index in [9.17, 15) is 37.5 Å². The van der Waals surface area contributed by atoms with E-state index >= 15 is 8.78 Å². The summed E-state index contributed by atoms with van der Waals surface area (Å²) >= 11 is 0. The van der Waals surface area contributed by atoms with Crippen LogP contribution in [0.3, 0.4) is 0 Å². The Morgan fingerprint density at radius 3 is 2.49 bits per heavy atom. The number of methoxy groups -OCH3 is 1. The first-order valence-corrected chi connectivity index (χ1v) is 13.9. The van der Waals surface area contributed by atoms with Crippen LogP contribution in [0.5, 0.6) is 5.75 Å². The Bertz CT molecular complexity index is 1970. The maximum Gasteiger partial charge on any atom is 0.411 e. The molecule has 12 nitrogen and oxygen atoms in total. The van der Waals surface area contributed by atoms with Gasteiger partial charge < -0.3 is 24.8 Å². The van der Waals surface area contributed by atoms with Crippen LogP contribution in [0.25, 0.3) is 16.6 Å². The molecule has 1 saturated heterocycles. The average molecular weight is 664 g/mol. The number of hydrogen-bond donors (Lipinski definition) is 2. The van der Waals surface area contributed by atoms with E-state index in [4.69, 9.17) is 9.47 Å². The zero-order chi connectivity index (χ0) is 34.2. The zero-order valence-electron chi connectivity index (χ0n) is 24.7. The highest BCUT2D eigenvalue weighted by Gasteiger charge is 2.46. The molecule has 1 fully saturated rings. The molecule has 2 aromatic heterocycles. The van der Waals surface area contributed by atoms with E-state index in [0.717, 1.165) is 4.57 Å². The summed E-state index contributed by atoms with van der Waals surface area (Å²) in [7, 11) is 2.70. The van der Waals surface area contributed by atoms with Gasteiger partial charge in [-0.25, -0.2) is 22.9 Å². The summed E-state index contributed by atoms with van der Waals surface area (Å²) < 4.78 is 82.9. The number of pyridine rings is 1. The van der Waals surface area contributed by atoms with E-state index in [1.807, 2.05) is 5.32 Å². The number of carboxylic acids is 1. The number of fused-ring (bicyclic) bond motifs is 1. The summed E-state index contributed by atoms with van der Waals surface area (Å²) in [6.07, 6.45) is -2.45. The highest BCUT2D eigenvalue weighted by Crippen LogP contribution is 2.33. The lowest BCUT2D eigenvalue weighted by Crippen LogP contribution is -2.53. The van der Waals surface area contributed by atoms with Gasteiger partial charge in [-0.05, 0) is 35.9 Å². The molecule has 47 heavy (non-hydrogen) atoms. The number of alkyl halides is 3. The number of amides is 1. The second-order valence-corrected chi connectivity index (χ2v) is 10.6. The van der Waals surface area contributed by atoms with Crippen LogP contribution in [-0.4, -0.2) is 76.2 Å². The molecule has 0 unspecified atom stereocenters. The molecule has 0 saturated carbocycles. The largest absolute Gasteiger partial charge is 0.495 e. The molecule has 0 aliphatic carbocycles. The monoisotopic (exact) mass is 663 g/mol. The number of carboxylic acid groups (broad SMARTS) is 1. The van der Waals surface area contributed by atoms with E-state index in [1.165, 1.54) is 55.4 Å². The van der Waals surface area contributed by atoms with Gasteiger partial charge in [-0.3, -0.25) is 19.1 Å². The number of morpholine rings is 1. The number of benzene rings is 2. The van der Waals surface area contributed by atoms with Crippen LogP contribution in [0.1, 0.15) is 15.9 Å². The van der Waals surface area contributed by atoms with Gasteiger partial charge in [0.2, 0.25) is 0 Å². The topological polar surface area (TPSA) is 145 Å². The Hall–Kier alpha value is -5.32. The highest BCUT2D eigenvalue weighted by molar-refractivity contribution is 5.97. The number of hydrogen-bond acceptors (Lipinski definition) is 8. The zero-order valence-corrected chi connectivity index (χ0v) is 24.7. The van der Waals surface area contributed by atoms with E-state index in [-0.39, 0.29) is 35.5 Å². The summed E-state index contributed by atoms with van der Waals surface area (Å²) in [6.45, 7) is -1.20. The third kappa shape index (κ3) is 6.38. The summed E-state index contributed by atoms with van der Waals surface area (Å²) in [5, 5.41) is 12.0. The number of aliphatic carboxylic acids is 1. The third-order valence-electron chi connectivity index (χ3n) is 7.69. The summed E-state index contributed by atoms with van der Waals surface area (Å²) in [5.41, 5.74) is -2.47. The van der Waals surface area contributed by atoms with Crippen molar-refractivity contribution in [3.63, 3.8) is 0 Å². The Morgan fingerprint density at radius 1 is 1.15 bits per heavy atom. The Morgan fingerprint density at radius 2 is 1.85 bits per heavy atom. The van der Waals surface area contributed by atoms with Crippen molar-refractivity contribution in [1.82, 2.24) is 19.4 Å². The molecule has 4 aromatic rings. The second-order valence-electron chi connectivity index (χ2n) is 10.6. The number of halogens is 5. The molecule has 1 aliphatic heterocycles. The standard InChI is InChI=1S/C30H26F5N5O7/c1-38-22-13-36-6-5-17(22)27(42)40(29(38)45)21-4-3-15(10-23(21)46-2)9-20(28(43)44)37-26(41)25-18(31)11-16(12-19(25)32)39-7-8-47-14-24(39)30(33,34)35/h3-6,10-13,20,24H,7-9,14H2,1-2H3,(H,37,41)(H,43,44)/t20-,24+/m0/s1. The van der Waals surface area contributed by atoms with Gasteiger partial charge in [0.1, 0.15) is 35.0 Å². The molecule has 17 heteroatoms. The van der Waals surface area contributed by atoms with Crippen molar-refractivity contribution in [2.75, 3.05) is 31.8 Å². The SMILES string of the molecule is COc1cc(C[C@H](NC(=O)c2c(F)cc(N3CCOC[C@@H]3C(F)(F)F)cc2F)C(=O)O)ccc1-n1c(=O)c2ccncc2n(C)c1=O. The van der Waals surface area contributed by atoms with Gasteiger partial charge in [0.15, 0.2) is 0 Å². The number of rotatable bonds is 8. The molecule has 2 N–H and O–H groups in total. The number of anilines is 1. The molecule has 5 rings (SSSR count). The summed E-state index contributed by atoms with van der Waals surface area (Å²) in [4.78, 5) is 56.0. The first kappa shape index (κ1) is 33.1. The van der Waals surface area contributed by atoms with Crippen molar-refractivity contribution >= 4 is 28.5 Å². The van der Waals surface area contributed by atoms with Crippen LogP contribution in [0.15, 0.2) is 58.4 Å². The second kappa shape index (κ2) is 12.8. The van der Waals surface area contributed by atoms with Crippen molar-refractivity contribution in [3.05, 3.63) is 92.4 Å². The van der Waals surface area contributed by atoms with Crippen LogP contribution in [0.4, 0.5) is 27.6 Å². The van der Waals surface area contributed by atoms with Crippen LogP contribution in [-0.2, 0) is 23.0 Å². The lowest BCUT2D eigenvalue weighted by Gasteiger charge is -2.38. The van der Waals surface area contributed by atoms with Crippen LogP contribution in [0, 0.1) is 11.6 Å². The van der Waals surface area contributed by atoms with Gasteiger partial charge in [0.25, 0.3) is 11.5 Å². The molecule has 3 heterocycles. The van der Waals surface area contributed by atoms with Crippen LogP contribution in [0.2, 0.25) is 0 Å². The average Bonchev–Trinajstić information content (AvgIpc) is 3.03. The number of carbonyl (C=O) groups excluding carboxylic acids is 1. The molecule has 2 aromatic carbocycles. The predicted molar refractivity (Wildman–Crippen MR) is 156 cm³/mol. The minimum Gasteiger partial charge on any atom is -0.495 e. The van der Waals surface area contributed by atoms with Crippen molar-refractivity contribution in [3.8, 4) is 11.4 Å². The Balaban J connectivity index is 1.41. The fraction of sp³-hybridized carbons (Fsp3) is 0.300. The minimum absolute atomic E-state index is 0.00137. The maximum absolute atomic E-state index is 15.1. The number of carbonyl (C=O) groups is 2. The molecule has 1 amide bonds. The van der Waals surface area contributed by atoms with Gasteiger partial charge >= 0.3 is 17.8 Å². The smallest absolute Gasteiger partial charge is 0.411 e. The van der Waals surface area contributed by atoms with Crippen molar-refractivity contribution in [2.45, 2.75) is 24.7 Å². The van der Waals surface area contributed by atoms with Crippen molar-refractivity contribution in [1.29, 1.82) is 0 Å². The van der Waals surface area contributed by atoms with Crippen molar-refractivity contribution in [2.24, 2.45) is 7.05 Å². The van der Waals surface area contributed by atoms with Gasteiger partial charge in [0, 0.05) is 31.9 Å². The summed E-state index contributed by atoms with van der Waals surface area (Å²) in [6, 6.07) is 2.70. The summed E-state index contributed by atoms with van der Waals surface area (Å²) in [5.74, 6) is -6.04. The van der Waals surface area contributed by atoms with Crippen LogP contribution >= 0.6 is 0 Å².